The average molecular weight is 237 g/mol. The van der Waals surface area contributed by atoms with E-state index < -0.39 is 0 Å². The van der Waals surface area contributed by atoms with Crippen molar-refractivity contribution in [3.05, 3.63) is 29.8 Å². The van der Waals surface area contributed by atoms with E-state index in [1.54, 1.807) is 7.11 Å². The van der Waals surface area contributed by atoms with Gasteiger partial charge in [0.25, 0.3) is 0 Å². The highest BCUT2D eigenvalue weighted by Crippen LogP contribution is 2.09. The van der Waals surface area contributed by atoms with E-state index in [9.17, 15) is 4.79 Å². The van der Waals surface area contributed by atoms with Crippen LogP contribution in [0.2, 0.25) is 0 Å². The minimum Gasteiger partial charge on any atom is -0.460 e. The molecule has 94 valence electrons. The number of carbonyl (C=O) groups excluding carboxylic acids is 1. The molecule has 0 aliphatic heterocycles. The molecule has 1 atom stereocenters. The molecule has 0 aliphatic carbocycles. The molecular weight excluding hydrogens is 218 g/mol. The summed E-state index contributed by atoms with van der Waals surface area (Å²) in [7, 11) is 1.58. The van der Waals surface area contributed by atoms with Gasteiger partial charge in [0.2, 0.25) is 0 Å². The first-order valence-electron chi connectivity index (χ1n) is 5.64. The summed E-state index contributed by atoms with van der Waals surface area (Å²) in [5, 5.41) is 0. The average Bonchev–Trinajstić information content (AvgIpc) is 2.27. The summed E-state index contributed by atoms with van der Waals surface area (Å²) in [5.74, 6) is -0.211. The van der Waals surface area contributed by atoms with Gasteiger partial charge in [-0.3, -0.25) is 4.79 Å². The van der Waals surface area contributed by atoms with E-state index >= 15 is 0 Å². The predicted octanol–water partition coefficient (Wildman–Crippen LogP) is 1.78. The molecule has 1 rings (SSSR count). The molecule has 0 heterocycles. The zero-order valence-electron chi connectivity index (χ0n) is 10.3. The lowest BCUT2D eigenvalue weighted by Gasteiger charge is -2.11. The van der Waals surface area contributed by atoms with Crippen LogP contribution in [0.1, 0.15) is 18.9 Å². The number of anilines is 1. The molecule has 0 aromatic heterocycles. The Kier molecular flexibility index (Phi) is 5.49. The van der Waals surface area contributed by atoms with Gasteiger partial charge in [0.05, 0.1) is 6.61 Å². The Morgan fingerprint density at radius 1 is 1.47 bits per heavy atom. The smallest absolute Gasteiger partial charge is 0.306 e. The van der Waals surface area contributed by atoms with Gasteiger partial charge in [0, 0.05) is 19.2 Å². The van der Waals surface area contributed by atoms with Crippen molar-refractivity contribution in [3.8, 4) is 0 Å². The topological polar surface area (TPSA) is 61.5 Å². The lowest BCUT2D eigenvalue weighted by molar-refractivity contribution is -0.150. The van der Waals surface area contributed by atoms with Gasteiger partial charge in [-0.25, -0.2) is 0 Å². The minimum absolute atomic E-state index is 0.201. The van der Waals surface area contributed by atoms with Gasteiger partial charge in [-0.1, -0.05) is 12.1 Å². The lowest BCUT2D eigenvalue weighted by Crippen LogP contribution is -2.19. The normalized spacial score (nSPS) is 12.1. The third-order valence-electron chi connectivity index (χ3n) is 2.30. The van der Waals surface area contributed by atoms with Gasteiger partial charge in [0.15, 0.2) is 0 Å². The van der Waals surface area contributed by atoms with Crippen LogP contribution in [0.4, 0.5) is 5.69 Å². The Morgan fingerprint density at radius 3 is 2.88 bits per heavy atom. The van der Waals surface area contributed by atoms with E-state index in [-0.39, 0.29) is 12.1 Å². The maximum Gasteiger partial charge on any atom is 0.306 e. The van der Waals surface area contributed by atoms with Crippen LogP contribution < -0.4 is 5.73 Å². The molecule has 0 amide bonds. The van der Waals surface area contributed by atoms with E-state index in [0.717, 1.165) is 5.56 Å². The molecular formula is C13H19NO3. The number of hydrogen-bond acceptors (Lipinski definition) is 4. The number of ether oxygens (including phenoxy) is 2. The number of methoxy groups -OCH3 is 1. The molecule has 0 saturated heterocycles. The molecule has 4 nitrogen and oxygen atoms in total. The van der Waals surface area contributed by atoms with Crippen LogP contribution in [-0.4, -0.2) is 25.8 Å². The first-order valence-corrected chi connectivity index (χ1v) is 5.64. The molecule has 0 aliphatic rings. The van der Waals surface area contributed by atoms with Crippen LogP contribution in [0.5, 0.6) is 0 Å². The zero-order valence-corrected chi connectivity index (χ0v) is 10.3. The number of aryl methyl sites for hydroxylation is 1. The second-order valence-corrected chi connectivity index (χ2v) is 4.00. The lowest BCUT2D eigenvalue weighted by atomic mass is 10.1. The quantitative estimate of drug-likeness (QED) is 0.605. The molecule has 17 heavy (non-hydrogen) atoms. The van der Waals surface area contributed by atoms with Crippen LogP contribution in [0.25, 0.3) is 0 Å². The van der Waals surface area contributed by atoms with E-state index in [0.29, 0.717) is 25.1 Å². The summed E-state index contributed by atoms with van der Waals surface area (Å²) in [6, 6.07) is 7.51. The van der Waals surface area contributed by atoms with Crippen LogP contribution in [0.3, 0.4) is 0 Å². The van der Waals surface area contributed by atoms with Crippen molar-refractivity contribution in [2.75, 3.05) is 19.5 Å². The van der Waals surface area contributed by atoms with E-state index in [1.165, 1.54) is 0 Å². The molecule has 1 aromatic carbocycles. The summed E-state index contributed by atoms with van der Waals surface area (Å²) in [6.45, 7) is 2.23. The molecule has 0 radical (unpaired) electrons. The van der Waals surface area contributed by atoms with Crippen molar-refractivity contribution >= 4 is 11.7 Å². The highest BCUT2D eigenvalue weighted by molar-refractivity contribution is 5.70. The van der Waals surface area contributed by atoms with Crippen LogP contribution >= 0.6 is 0 Å². The van der Waals surface area contributed by atoms with Crippen molar-refractivity contribution in [2.24, 2.45) is 0 Å². The Morgan fingerprint density at radius 2 is 2.24 bits per heavy atom. The first-order chi connectivity index (χ1) is 8.11. The van der Waals surface area contributed by atoms with Gasteiger partial charge >= 0.3 is 5.97 Å². The zero-order chi connectivity index (χ0) is 12.7. The van der Waals surface area contributed by atoms with Crippen LogP contribution in [-0.2, 0) is 20.7 Å². The molecule has 1 aromatic rings. The minimum atomic E-state index is -0.211. The van der Waals surface area contributed by atoms with Gasteiger partial charge in [0.1, 0.15) is 6.10 Å². The van der Waals surface area contributed by atoms with Crippen LogP contribution in [0, 0.1) is 0 Å². The molecule has 1 unspecified atom stereocenters. The Hall–Kier alpha value is -1.55. The van der Waals surface area contributed by atoms with Crippen LogP contribution in [0.15, 0.2) is 24.3 Å². The fourth-order valence-electron chi connectivity index (χ4n) is 1.55. The molecule has 4 heteroatoms. The number of benzene rings is 1. The standard InChI is InChI=1S/C13H19NO3/c1-10(9-16-2)17-13(15)7-6-11-4-3-5-12(14)8-11/h3-5,8,10H,6-7,9,14H2,1-2H3. The fraction of sp³-hybridized carbons (Fsp3) is 0.462. The Labute approximate surface area is 102 Å². The van der Waals surface area contributed by atoms with Crippen molar-refractivity contribution in [3.63, 3.8) is 0 Å². The van der Waals surface area contributed by atoms with E-state index in [1.807, 2.05) is 31.2 Å². The van der Waals surface area contributed by atoms with Gasteiger partial charge in [-0.15, -0.1) is 0 Å². The monoisotopic (exact) mass is 237 g/mol. The number of esters is 1. The Balaban J connectivity index is 2.33. The summed E-state index contributed by atoms with van der Waals surface area (Å²) >= 11 is 0. The molecule has 2 N–H and O–H groups in total. The SMILES string of the molecule is COCC(C)OC(=O)CCc1cccc(N)c1. The third-order valence-corrected chi connectivity index (χ3v) is 2.30. The predicted molar refractivity (Wildman–Crippen MR) is 66.6 cm³/mol. The van der Waals surface area contributed by atoms with Crippen molar-refractivity contribution in [1.29, 1.82) is 0 Å². The summed E-state index contributed by atoms with van der Waals surface area (Å²) in [4.78, 5) is 11.5. The molecule has 0 bridgehead atoms. The van der Waals surface area contributed by atoms with E-state index in [2.05, 4.69) is 0 Å². The second-order valence-electron chi connectivity index (χ2n) is 4.00. The summed E-state index contributed by atoms with van der Waals surface area (Å²) < 4.78 is 10.0. The Bertz CT molecular complexity index is 365. The molecule has 0 saturated carbocycles. The number of nitrogen functional groups attached to an aromatic ring is 1. The molecule has 0 spiro atoms. The fourth-order valence-corrected chi connectivity index (χ4v) is 1.55. The maximum absolute atomic E-state index is 11.5. The van der Waals surface area contributed by atoms with Gasteiger partial charge < -0.3 is 15.2 Å². The second kappa shape index (κ2) is 6.91. The first kappa shape index (κ1) is 13.5. The number of carbonyl (C=O) groups is 1. The van der Waals surface area contributed by atoms with Crippen molar-refractivity contribution in [1.82, 2.24) is 0 Å². The summed E-state index contributed by atoms with van der Waals surface area (Å²) in [5.41, 5.74) is 7.41. The van der Waals surface area contributed by atoms with Crippen molar-refractivity contribution in [2.45, 2.75) is 25.9 Å². The maximum atomic E-state index is 11.5. The van der Waals surface area contributed by atoms with Crippen molar-refractivity contribution < 1.29 is 14.3 Å². The van der Waals surface area contributed by atoms with E-state index in [4.69, 9.17) is 15.2 Å². The number of rotatable bonds is 6. The third kappa shape index (κ3) is 5.36. The molecule has 0 fully saturated rings. The van der Waals surface area contributed by atoms with Gasteiger partial charge in [-0.2, -0.15) is 0 Å². The summed E-state index contributed by atoms with van der Waals surface area (Å²) in [6.07, 6.45) is 0.800. The van der Waals surface area contributed by atoms with Gasteiger partial charge in [-0.05, 0) is 31.0 Å². The highest BCUT2D eigenvalue weighted by atomic mass is 16.6. The number of nitrogens with two attached hydrogens (primary N) is 1. The highest BCUT2D eigenvalue weighted by Gasteiger charge is 2.09. The number of hydrogen-bond donors (Lipinski definition) is 1. The largest absolute Gasteiger partial charge is 0.460 e.